The third kappa shape index (κ3) is 2.75. The lowest BCUT2D eigenvalue weighted by Crippen LogP contribution is -2.12. The summed E-state index contributed by atoms with van der Waals surface area (Å²) < 4.78 is 0. The van der Waals surface area contributed by atoms with Crippen LogP contribution < -0.4 is 5.32 Å². The largest absolute Gasteiger partial charge is 0.321 e. The fourth-order valence-electron chi connectivity index (χ4n) is 1.29. The minimum Gasteiger partial charge on any atom is -0.321 e. The van der Waals surface area contributed by atoms with Crippen molar-refractivity contribution < 1.29 is 4.79 Å². The molecule has 0 atom stereocenters. The van der Waals surface area contributed by atoms with Gasteiger partial charge in [-0.3, -0.25) is 9.78 Å². The maximum atomic E-state index is 11.8. The van der Waals surface area contributed by atoms with Gasteiger partial charge in [-0.05, 0) is 24.3 Å². The number of halogens is 2. The van der Waals surface area contributed by atoms with Gasteiger partial charge in [-0.15, -0.1) is 0 Å². The van der Waals surface area contributed by atoms with Crippen molar-refractivity contribution in [1.29, 1.82) is 0 Å². The molecule has 2 rings (SSSR count). The number of amides is 1. The zero-order valence-corrected chi connectivity index (χ0v) is 10.2. The second-order valence-corrected chi connectivity index (χ2v) is 4.08. The molecule has 3 nitrogen and oxygen atoms in total. The normalized spacial score (nSPS) is 10.0. The molecule has 1 amide bonds. The number of carbonyl (C=O) groups is 1. The number of nitrogens with one attached hydrogen (secondary N) is 1. The van der Waals surface area contributed by atoms with Gasteiger partial charge in [0.25, 0.3) is 5.91 Å². The highest BCUT2D eigenvalue weighted by molar-refractivity contribution is 6.44. The van der Waals surface area contributed by atoms with E-state index in [-0.39, 0.29) is 5.91 Å². The highest BCUT2D eigenvalue weighted by Crippen LogP contribution is 2.29. The fraction of sp³-hybridized carbons (Fsp3) is 0. The van der Waals surface area contributed by atoms with Crippen molar-refractivity contribution in [2.75, 3.05) is 5.32 Å². The van der Waals surface area contributed by atoms with E-state index in [0.29, 0.717) is 21.3 Å². The van der Waals surface area contributed by atoms with Crippen LogP contribution in [-0.4, -0.2) is 10.9 Å². The Hall–Kier alpha value is -1.58. The molecule has 0 bridgehead atoms. The number of pyridine rings is 1. The molecule has 1 N–H and O–H groups in total. The first-order valence-corrected chi connectivity index (χ1v) is 5.59. The Morgan fingerprint density at radius 2 is 2.00 bits per heavy atom. The van der Waals surface area contributed by atoms with Crippen molar-refractivity contribution in [1.82, 2.24) is 4.98 Å². The maximum absolute atomic E-state index is 11.8. The summed E-state index contributed by atoms with van der Waals surface area (Å²) in [5.41, 5.74) is 0.941. The van der Waals surface area contributed by atoms with E-state index in [1.165, 1.54) is 6.20 Å². The topological polar surface area (TPSA) is 42.0 Å². The lowest BCUT2D eigenvalue weighted by atomic mass is 10.2. The van der Waals surface area contributed by atoms with Gasteiger partial charge in [0.15, 0.2) is 0 Å². The van der Waals surface area contributed by atoms with Gasteiger partial charge in [0, 0.05) is 12.4 Å². The summed E-state index contributed by atoms with van der Waals surface area (Å²) in [5, 5.41) is 3.40. The van der Waals surface area contributed by atoms with Gasteiger partial charge in [0.05, 0.1) is 21.3 Å². The SMILES string of the molecule is O=C(Nc1cccc(Cl)c1Cl)c1cccnc1. The first-order chi connectivity index (χ1) is 8.18. The van der Waals surface area contributed by atoms with Gasteiger partial charge >= 0.3 is 0 Å². The number of hydrogen-bond donors (Lipinski definition) is 1. The van der Waals surface area contributed by atoms with Crippen LogP contribution in [-0.2, 0) is 0 Å². The molecule has 0 aliphatic rings. The summed E-state index contributed by atoms with van der Waals surface area (Å²) >= 11 is 11.8. The number of hydrogen-bond acceptors (Lipinski definition) is 2. The van der Waals surface area contributed by atoms with E-state index in [2.05, 4.69) is 10.3 Å². The lowest BCUT2D eigenvalue weighted by Gasteiger charge is -2.07. The Bertz CT molecular complexity index is 543. The first-order valence-electron chi connectivity index (χ1n) is 4.84. The van der Waals surface area contributed by atoms with Crippen LogP contribution in [0.5, 0.6) is 0 Å². The van der Waals surface area contributed by atoms with Crippen molar-refractivity contribution in [2.24, 2.45) is 0 Å². The van der Waals surface area contributed by atoms with E-state index in [1.807, 2.05) is 0 Å². The van der Waals surface area contributed by atoms with Crippen molar-refractivity contribution in [3.63, 3.8) is 0 Å². The molecule has 0 unspecified atom stereocenters. The molecule has 1 heterocycles. The van der Waals surface area contributed by atoms with Crippen LogP contribution in [0, 0.1) is 0 Å². The molecule has 0 spiro atoms. The highest BCUT2D eigenvalue weighted by atomic mass is 35.5. The minimum atomic E-state index is -0.276. The second-order valence-electron chi connectivity index (χ2n) is 3.30. The molecule has 2 aromatic rings. The predicted octanol–water partition coefficient (Wildman–Crippen LogP) is 3.64. The van der Waals surface area contributed by atoms with E-state index in [0.717, 1.165) is 0 Å². The van der Waals surface area contributed by atoms with Crippen molar-refractivity contribution in [3.8, 4) is 0 Å². The molecule has 0 aliphatic carbocycles. The number of carbonyl (C=O) groups excluding carboxylic acids is 1. The zero-order chi connectivity index (χ0) is 12.3. The molecule has 0 aliphatic heterocycles. The lowest BCUT2D eigenvalue weighted by molar-refractivity contribution is 0.102. The van der Waals surface area contributed by atoms with Gasteiger partial charge < -0.3 is 5.32 Å². The van der Waals surface area contributed by atoms with E-state index < -0.39 is 0 Å². The maximum Gasteiger partial charge on any atom is 0.257 e. The zero-order valence-electron chi connectivity index (χ0n) is 8.65. The van der Waals surface area contributed by atoms with Gasteiger partial charge in [0.1, 0.15) is 0 Å². The standard InChI is InChI=1S/C12H8Cl2N2O/c13-9-4-1-5-10(11(9)14)16-12(17)8-3-2-6-15-7-8/h1-7H,(H,16,17). The van der Waals surface area contributed by atoms with Crippen molar-refractivity contribution in [3.05, 3.63) is 58.3 Å². The Morgan fingerprint density at radius 1 is 1.18 bits per heavy atom. The molecule has 1 aromatic heterocycles. The summed E-state index contributed by atoms with van der Waals surface area (Å²) in [5.74, 6) is -0.276. The smallest absolute Gasteiger partial charge is 0.257 e. The van der Waals surface area contributed by atoms with E-state index in [9.17, 15) is 4.79 Å². The van der Waals surface area contributed by atoms with Gasteiger partial charge in [-0.1, -0.05) is 29.3 Å². The van der Waals surface area contributed by atoms with Crippen LogP contribution in [0.4, 0.5) is 5.69 Å². The molecule has 17 heavy (non-hydrogen) atoms. The summed E-state index contributed by atoms with van der Waals surface area (Å²) in [4.78, 5) is 15.7. The van der Waals surface area contributed by atoms with Gasteiger partial charge in [-0.2, -0.15) is 0 Å². The Kier molecular flexibility index (Phi) is 3.61. The number of benzene rings is 1. The Morgan fingerprint density at radius 3 is 2.71 bits per heavy atom. The summed E-state index contributed by atoms with van der Waals surface area (Å²) in [6, 6.07) is 8.41. The van der Waals surface area contributed by atoms with Crippen LogP contribution in [0.1, 0.15) is 10.4 Å². The predicted molar refractivity (Wildman–Crippen MR) is 68.7 cm³/mol. The highest BCUT2D eigenvalue weighted by Gasteiger charge is 2.09. The molecule has 86 valence electrons. The number of nitrogens with zero attached hydrogens (tertiary/aromatic N) is 1. The van der Waals surface area contributed by atoms with E-state index in [1.54, 1.807) is 36.5 Å². The Balaban J connectivity index is 2.22. The first kappa shape index (κ1) is 11.9. The van der Waals surface area contributed by atoms with E-state index in [4.69, 9.17) is 23.2 Å². The van der Waals surface area contributed by atoms with Crippen LogP contribution >= 0.6 is 23.2 Å². The average molecular weight is 267 g/mol. The molecule has 0 saturated heterocycles. The quantitative estimate of drug-likeness (QED) is 0.902. The summed E-state index contributed by atoms with van der Waals surface area (Å²) in [7, 11) is 0. The Labute approximate surface area is 108 Å². The van der Waals surface area contributed by atoms with Crippen LogP contribution in [0.3, 0.4) is 0 Å². The number of anilines is 1. The molecular formula is C12H8Cl2N2O. The molecule has 0 radical (unpaired) electrons. The number of rotatable bonds is 2. The third-order valence-electron chi connectivity index (χ3n) is 2.12. The fourth-order valence-corrected chi connectivity index (χ4v) is 1.64. The monoisotopic (exact) mass is 266 g/mol. The third-order valence-corrected chi connectivity index (χ3v) is 2.94. The van der Waals surface area contributed by atoms with Crippen LogP contribution in [0.2, 0.25) is 10.0 Å². The van der Waals surface area contributed by atoms with Crippen molar-refractivity contribution >= 4 is 34.8 Å². The summed E-state index contributed by atoms with van der Waals surface area (Å²) in [6.07, 6.45) is 3.08. The van der Waals surface area contributed by atoms with Crippen molar-refractivity contribution in [2.45, 2.75) is 0 Å². The molecule has 0 fully saturated rings. The van der Waals surface area contributed by atoms with Gasteiger partial charge in [0.2, 0.25) is 0 Å². The molecule has 0 saturated carbocycles. The average Bonchev–Trinajstić information content (AvgIpc) is 2.36. The van der Waals surface area contributed by atoms with Crippen LogP contribution in [0.15, 0.2) is 42.7 Å². The molecular weight excluding hydrogens is 259 g/mol. The number of aromatic nitrogens is 1. The minimum absolute atomic E-state index is 0.276. The molecule has 5 heteroatoms. The molecule has 1 aromatic carbocycles. The van der Waals surface area contributed by atoms with E-state index >= 15 is 0 Å². The van der Waals surface area contributed by atoms with Crippen LogP contribution in [0.25, 0.3) is 0 Å². The van der Waals surface area contributed by atoms with Gasteiger partial charge in [-0.25, -0.2) is 0 Å². The summed E-state index contributed by atoms with van der Waals surface area (Å²) in [6.45, 7) is 0. The second kappa shape index (κ2) is 5.17.